The SMILES string of the molecule is CC/C=C\C/C=C\C/C=C\C/C=C\C/C=C\CCCCCCCC(=O)OCC. The molecule has 0 amide bonds. The van der Waals surface area contributed by atoms with Gasteiger partial charge in [-0.1, -0.05) is 86.9 Å². The van der Waals surface area contributed by atoms with Crippen LogP contribution in [0.2, 0.25) is 0 Å². The molecule has 0 radical (unpaired) electrons. The van der Waals surface area contributed by atoms with Crippen LogP contribution in [0.1, 0.15) is 90.9 Å². The van der Waals surface area contributed by atoms with Crippen LogP contribution >= 0.6 is 0 Å². The molecule has 0 aromatic carbocycles. The van der Waals surface area contributed by atoms with Gasteiger partial charge in [0.15, 0.2) is 0 Å². The van der Waals surface area contributed by atoms with Gasteiger partial charge in [-0.2, -0.15) is 0 Å². The summed E-state index contributed by atoms with van der Waals surface area (Å²) in [6, 6.07) is 0. The number of ether oxygens (including phenoxy) is 1. The Morgan fingerprint density at radius 1 is 0.607 bits per heavy atom. The predicted molar refractivity (Wildman–Crippen MR) is 123 cm³/mol. The first-order chi connectivity index (χ1) is 13.8. The van der Waals surface area contributed by atoms with E-state index in [2.05, 4.69) is 67.7 Å². The Kier molecular flexibility index (Phi) is 21.7. The average Bonchev–Trinajstić information content (AvgIpc) is 2.69. The highest BCUT2D eigenvalue weighted by Crippen LogP contribution is 2.08. The van der Waals surface area contributed by atoms with Crippen molar-refractivity contribution >= 4 is 5.97 Å². The van der Waals surface area contributed by atoms with Crippen LogP contribution in [-0.4, -0.2) is 12.6 Å². The van der Waals surface area contributed by atoms with Gasteiger partial charge in [-0.25, -0.2) is 0 Å². The van der Waals surface area contributed by atoms with Crippen molar-refractivity contribution in [3.8, 4) is 0 Å². The lowest BCUT2D eigenvalue weighted by molar-refractivity contribution is -0.143. The zero-order valence-electron chi connectivity index (χ0n) is 18.3. The number of allylic oxidation sites excluding steroid dienone is 10. The number of esters is 1. The van der Waals surface area contributed by atoms with E-state index in [4.69, 9.17) is 4.74 Å². The molecule has 0 saturated carbocycles. The third kappa shape index (κ3) is 22.2. The second kappa shape index (κ2) is 23.2. The van der Waals surface area contributed by atoms with E-state index < -0.39 is 0 Å². The Bertz CT molecular complexity index is 481. The van der Waals surface area contributed by atoms with Crippen LogP contribution in [0, 0.1) is 0 Å². The smallest absolute Gasteiger partial charge is 0.305 e. The molecule has 0 rings (SSSR count). The van der Waals surface area contributed by atoms with E-state index >= 15 is 0 Å². The number of hydrogen-bond acceptors (Lipinski definition) is 2. The predicted octanol–water partition coefficient (Wildman–Crippen LogP) is 8.03. The summed E-state index contributed by atoms with van der Waals surface area (Å²) in [7, 11) is 0. The molecule has 0 heterocycles. The molecule has 0 aliphatic carbocycles. The molecular formula is C26H42O2. The Morgan fingerprint density at radius 3 is 1.61 bits per heavy atom. The highest BCUT2D eigenvalue weighted by molar-refractivity contribution is 5.69. The summed E-state index contributed by atoms with van der Waals surface area (Å²) in [6.07, 6.45) is 35.1. The summed E-state index contributed by atoms with van der Waals surface area (Å²) >= 11 is 0. The van der Waals surface area contributed by atoms with Gasteiger partial charge in [0.2, 0.25) is 0 Å². The maximum Gasteiger partial charge on any atom is 0.305 e. The van der Waals surface area contributed by atoms with Crippen molar-refractivity contribution in [1.82, 2.24) is 0 Å². The highest BCUT2D eigenvalue weighted by atomic mass is 16.5. The standard InChI is InChI=1S/C26H42O2/c1-3-5-6-7-8-9-10-11-12-13-14-15-16-17-18-19-20-21-22-23-24-25-26(27)28-4-2/h5-6,8-9,11-12,14-15,17-18H,3-4,7,10,13,16,19-25H2,1-2H3/b6-5-,9-8-,12-11-,15-14-,18-17-. The van der Waals surface area contributed by atoms with Crippen LogP contribution in [-0.2, 0) is 9.53 Å². The third-order valence-electron chi connectivity index (χ3n) is 4.21. The van der Waals surface area contributed by atoms with Crippen LogP contribution < -0.4 is 0 Å². The summed E-state index contributed by atoms with van der Waals surface area (Å²) in [5.41, 5.74) is 0. The quantitative estimate of drug-likeness (QED) is 0.135. The first-order valence-corrected chi connectivity index (χ1v) is 11.2. The first-order valence-electron chi connectivity index (χ1n) is 11.2. The van der Waals surface area contributed by atoms with E-state index in [1.165, 1.54) is 19.3 Å². The minimum absolute atomic E-state index is 0.0544. The number of hydrogen-bond donors (Lipinski definition) is 0. The Labute approximate surface area is 174 Å². The number of rotatable bonds is 18. The fourth-order valence-corrected chi connectivity index (χ4v) is 2.66. The molecule has 0 saturated heterocycles. The number of carbonyl (C=O) groups is 1. The maximum atomic E-state index is 11.2. The molecule has 0 aliphatic heterocycles. The van der Waals surface area contributed by atoms with Crippen molar-refractivity contribution in [3.05, 3.63) is 60.8 Å². The Balaban J connectivity index is 3.39. The van der Waals surface area contributed by atoms with Crippen LogP contribution in [0.4, 0.5) is 0 Å². The van der Waals surface area contributed by atoms with Crippen molar-refractivity contribution in [3.63, 3.8) is 0 Å². The fraction of sp³-hybridized carbons (Fsp3) is 0.577. The topological polar surface area (TPSA) is 26.3 Å². The lowest BCUT2D eigenvalue weighted by Crippen LogP contribution is -2.03. The molecule has 158 valence electrons. The molecule has 0 unspecified atom stereocenters. The minimum Gasteiger partial charge on any atom is -0.466 e. The lowest BCUT2D eigenvalue weighted by Gasteiger charge is -2.01. The first kappa shape index (κ1) is 26.2. The maximum absolute atomic E-state index is 11.2. The Morgan fingerprint density at radius 2 is 1.07 bits per heavy atom. The minimum atomic E-state index is -0.0544. The van der Waals surface area contributed by atoms with E-state index in [1.54, 1.807) is 0 Å². The molecule has 2 nitrogen and oxygen atoms in total. The van der Waals surface area contributed by atoms with Crippen LogP contribution in [0.25, 0.3) is 0 Å². The van der Waals surface area contributed by atoms with Crippen LogP contribution in [0.15, 0.2) is 60.8 Å². The highest BCUT2D eigenvalue weighted by Gasteiger charge is 2.00. The largest absolute Gasteiger partial charge is 0.466 e. The normalized spacial score (nSPS) is 12.5. The fourth-order valence-electron chi connectivity index (χ4n) is 2.66. The number of carbonyl (C=O) groups excluding carboxylic acids is 1. The molecular weight excluding hydrogens is 344 g/mol. The van der Waals surface area contributed by atoms with Gasteiger partial charge in [0.1, 0.15) is 0 Å². The van der Waals surface area contributed by atoms with Gasteiger partial charge >= 0.3 is 5.97 Å². The van der Waals surface area contributed by atoms with Gasteiger partial charge in [0.05, 0.1) is 6.61 Å². The monoisotopic (exact) mass is 386 g/mol. The van der Waals surface area contributed by atoms with Crippen LogP contribution in [0.5, 0.6) is 0 Å². The van der Waals surface area contributed by atoms with E-state index in [0.717, 1.165) is 51.4 Å². The van der Waals surface area contributed by atoms with Gasteiger partial charge in [-0.3, -0.25) is 4.79 Å². The summed E-state index contributed by atoms with van der Waals surface area (Å²) in [4.78, 5) is 11.2. The zero-order valence-corrected chi connectivity index (χ0v) is 18.3. The van der Waals surface area contributed by atoms with Crippen molar-refractivity contribution in [2.45, 2.75) is 90.9 Å². The van der Waals surface area contributed by atoms with Crippen molar-refractivity contribution in [2.24, 2.45) is 0 Å². The molecule has 0 aromatic heterocycles. The molecule has 0 bridgehead atoms. The summed E-state index contributed by atoms with van der Waals surface area (Å²) < 4.78 is 4.92. The summed E-state index contributed by atoms with van der Waals surface area (Å²) in [5, 5.41) is 0. The van der Waals surface area contributed by atoms with Crippen molar-refractivity contribution < 1.29 is 9.53 Å². The average molecular weight is 387 g/mol. The summed E-state index contributed by atoms with van der Waals surface area (Å²) in [5.74, 6) is -0.0544. The van der Waals surface area contributed by atoms with Crippen molar-refractivity contribution in [1.29, 1.82) is 0 Å². The van der Waals surface area contributed by atoms with E-state index in [-0.39, 0.29) is 5.97 Å². The van der Waals surface area contributed by atoms with E-state index in [9.17, 15) is 4.79 Å². The molecule has 0 fully saturated rings. The summed E-state index contributed by atoms with van der Waals surface area (Å²) in [6.45, 7) is 4.51. The van der Waals surface area contributed by atoms with Gasteiger partial charge in [0, 0.05) is 6.42 Å². The van der Waals surface area contributed by atoms with Gasteiger partial charge in [-0.05, 0) is 58.3 Å². The van der Waals surface area contributed by atoms with Gasteiger partial charge in [-0.15, -0.1) is 0 Å². The molecule has 0 atom stereocenters. The van der Waals surface area contributed by atoms with Crippen LogP contribution in [0.3, 0.4) is 0 Å². The van der Waals surface area contributed by atoms with Gasteiger partial charge in [0.25, 0.3) is 0 Å². The van der Waals surface area contributed by atoms with E-state index in [1.807, 2.05) is 6.92 Å². The second-order valence-electron chi connectivity index (χ2n) is 6.82. The molecule has 0 aliphatic rings. The van der Waals surface area contributed by atoms with Gasteiger partial charge < -0.3 is 4.74 Å². The molecule has 28 heavy (non-hydrogen) atoms. The molecule has 0 aromatic rings. The Hall–Kier alpha value is -1.83. The lowest BCUT2D eigenvalue weighted by atomic mass is 10.1. The molecule has 0 N–H and O–H groups in total. The molecule has 2 heteroatoms. The van der Waals surface area contributed by atoms with E-state index in [0.29, 0.717) is 13.0 Å². The number of unbranched alkanes of at least 4 members (excludes halogenated alkanes) is 5. The third-order valence-corrected chi connectivity index (χ3v) is 4.21. The molecule has 0 spiro atoms. The second-order valence-corrected chi connectivity index (χ2v) is 6.82. The zero-order chi connectivity index (χ0) is 20.5. The van der Waals surface area contributed by atoms with Crippen molar-refractivity contribution in [2.75, 3.05) is 6.61 Å².